The van der Waals surface area contributed by atoms with Crippen molar-refractivity contribution in [2.24, 2.45) is 0 Å². The molecule has 0 atom stereocenters. The van der Waals surface area contributed by atoms with E-state index in [1.54, 1.807) is 6.20 Å². The van der Waals surface area contributed by atoms with Gasteiger partial charge >= 0.3 is 0 Å². The first kappa shape index (κ1) is 23.4. The van der Waals surface area contributed by atoms with E-state index in [-0.39, 0.29) is 0 Å². The third-order valence-corrected chi connectivity index (χ3v) is 7.56. The lowest BCUT2D eigenvalue weighted by atomic mass is 10.0. The molecule has 0 amide bonds. The van der Waals surface area contributed by atoms with Crippen LogP contribution in [-0.2, 0) is 0 Å². The maximum absolute atomic E-state index is 4.38. The number of rotatable bonds is 5. The van der Waals surface area contributed by atoms with Crippen LogP contribution in [0.5, 0.6) is 0 Å². The number of anilines is 3. The van der Waals surface area contributed by atoms with Gasteiger partial charge in [0.25, 0.3) is 0 Å². The summed E-state index contributed by atoms with van der Waals surface area (Å²) in [5, 5.41) is 2.54. The molecule has 4 heteroatoms. The average Bonchev–Trinajstić information content (AvgIpc) is 3.33. The molecule has 186 valence electrons. The zero-order valence-corrected chi connectivity index (χ0v) is 22.7. The fourth-order valence-corrected chi connectivity index (χ4v) is 5.87. The standard InChI is InChI=1S/C35H24BrN3/c36-27-21-26(22-31(23-27)38(28-9-2-1-3-10-28)30-11-8-20-37-24-30)25-16-18-29(19-17-25)39-34-14-6-4-12-32(34)33-13-5-7-15-35(33)39/h1-24H. The molecule has 39 heavy (non-hydrogen) atoms. The second-order valence-corrected chi connectivity index (χ2v) is 10.4. The van der Waals surface area contributed by atoms with E-state index in [9.17, 15) is 0 Å². The van der Waals surface area contributed by atoms with Crippen molar-refractivity contribution in [1.29, 1.82) is 0 Å². The lowest BCUT2D eigenvalue weighted by molar-refractivity contribution is 1.18. The average molecular weight is 567 g/mol. The molecular weight excluding hydrogens is 542 g/mol. The summed E-state index contributed by atoms with van der Waals surface area (Å²) in [6.07, 6.45) is 3.70. The van der Waals surface area contributed by atoms with E-state index in [2.05, 4.69) is 152 Å². The number of fused-ring (bicyclic) bond motifs is 3. The van der Waals surface area contributed by atoms with Crippen LogP contribution >= 0.6 is 15.9 Å². The molecule has 2 heterocycles. The van der Waals surface area contributed by atoms with Crippen LogP contribution in [0.25, 0.3) is 38.6 Å². The van der Waals surface area contributed by atoms with Crippen molar-refractivity contribution in [2.45, 2.75) is 0 Å². The molecule has 0 bridgehead atoms. The zero-order valence-electron chi connectivity index (χ0n) is 21.1. The summed E-state index contributed by atoms with van der Waals surface area (Å²) in [5.74, 6) is 0. The van der Waals surface area contributed by atoms with E-state index in [1.165, 1.54) is 21.8 Å². The Bertz CT molecular complexity index is 1820. The number of pyridine rings is 1. The van der Waals surface area contributed by atoms with Gasteiger partial charge in [-0.05, 0) is 77.9 Å². The van der Waals surface area contributed by atoms with Crippen molar-refractivity contribution in [3.8, 4) is 16.8 Å². The van der Waals surface area contributed by atoms with Gasteiger partial charge in [-0.3, -0.25) is 4.98 Å². The minimum absolute atomic E-state index is 1.01. The highest BCUT2D eigenvalue weighted by molar-refractivity contribution is 9.10. The van der Waals surface area contributed by atoms with E-state index >= 15 is 0 Å². The summed E-state index contributed by atoms with van der Waals surface area (Å²) < 4.78 is 3.37. The van der Waals surface area contributed by atoms with Crippen molar-refractivity contribution in [3.63, 3.8) is 0 Å². The van der Waals surface area contributed by atoms with Gasteiger partial charge in [0.1, 0.15) is 0 Å². The molecule has 0 unspecified atom stereocenters. The van der Waals surface area contributed by atoms with Crippen LogP contribution in [0.2, 0.25) is 0 Å². The number of benzene rings is 5. The topological polar surface area (TPSA) is 21.1 Å². The van der Waals surface area contributed by atoms with Gasteiger partial charge in [-0.25, -0.2) is 0 Å². The quantitative estimate of drug-likeness (QED) is 0.207. The summed E-state index contributed by atoms with van der Waals surface area (Å²) in [5.41, 5.74) is 9.01. The molecule has 0 aliphatic rings. The van der Waals surface area contributed by atoms with Crippen molar-refractivity contribution in [1.82, 2.24) is 9.55 Å². The first-order valence-corrected chi connectivity index (χ1v) is 13.7. The third-order valence-electron chi connectivity index (χ3n) is 7.10. The van der Waals surface area contributed by atoms with Crippen LogP contribution in [0.3, 0.4) is 0 Å². The SMILES string of the molecule is Brc1cc(-c2ccc(-n3c4ccccc4c4ccccc43)cc2)cc(N(c2ccccc2)c2cccnc2)c1. The monoisotopic (exact) mass is 565 g/mol. The van der Waals surface area contributed by atoms with E-state index in [0.29, 0.717) is 0 Å². The summed E-state index contributed by atoms with van der Waals surface area (Å²) >= 11 is 3.78. The van der Waals surface area contributed by atoms with E-state index in [0.717, 1.165) is 38.3 Å². The Kier molecular flexibility index (Phi) is 5.95. The Morgan fingerprint density at radius 2 is 1.18 bits per heavy atom. The Morgan fingerprint density at radius 3 is 1.85 bits per heavy atom. The van der Waals surface area contributed by atoms with Crippen LogP contribution in [0, 0.1) is 0 Å². The van der Waals surface area contributed by atoms with Crippen molar-refractivity contribution >= 4 is 54.8 Å². The highest BCUT2D eigenvalue weighted by atomic mass is 79.9. The molecule has 5 aromatic carbocycles. The molecule has 7 aromatic rings. The van der Waals surface area contributed by atoms with Gasteiger partial charge in [-0.15, -0.1) is 0 Å². The van der Waals surface area contributed by atoms with E-state index < -0.39 is 0 Å². The lowest BCUT2D eigenvalue weighted by Crippen LogP contribution is -2.10. The molecule has 0 aliphatic heterocycles. The van der Waals surface area contributed by atoms with Crippen molar-refractivity contribution < 1.29 is 0 Å². The van der Waals surface area contributed by atoms with Gasteiger partial charge in [0.15, 0.2) is 0 Å². The van der Waals surface area contributed by atoms with E-state index in [1.807, 2.05) is 18.3 Å². The first-order chi connectivity index (χ1) is 19.3. The summed E-state index contributed by atoms with van der Waals surface area (Å²) in [6, 6.07) is 47.1. The second-order valence-electron chi connectivity index (χ2n) is 9.50. The highest BCUT2D eigenvalue weighted by Gasteiger charge is 2.15. The van der Waals surface area contributed by atoms with Crippen molar-refractivity contribution in [2.75, 3.05) is 4.90 Å². The molecule has 7 rings (SSSR count). The van der Waals surface area contributed by atoms with Gasteiger partial charge in [-0.2, -0.15) is 0 Å². The summed E-state index contributed by atoms with van der Waals surface area (Å²) in [4.78, 5) is 6.61. The number of para-hydroxylation sites is 3. The van der Waals surface area contributed by atoms with Gasteiger partial charge in [0.05, 0.1) is 22.9 Å². The van der Waals surface area contributed by atoms with Gasteiger partial charge in [0.2, 0.25) is 0 Å². The largest absolute Gasteiger partial charge is 0.309 e. The molecular formula is C35H24BrN3. The summed E-state index contributed by atoms with van der Waals surface area (Å²) in [6.45, 7) is 0. The molecule has 0 aliphatic carbocycles. The minimum Gasteiger partial charge on any atom is -0.309 e. The molecule has 0 fully saturated rings. The van der Waals surface area contributed by atoms with Crippen LogP contribution in [0.4, 0.5) is 17.1 Å². The molecule has 0 spiro atoms. The van der Waals surface area contributed by atoms with E-state index in [4.69, 9.17) is 0 Å². The predicted octanol–water partition coefficient (Wildman–Crippen LogP) is 10.1. The second kappa shape index (κ2) is 9.90. The first-order valence-electron chi connectivity index (χ1n) is 12.9. The fourth-order valence-electron chi connectivity index (χ4n) is 5.38. The Hall–Kier alpha value is -4.67. The van der Waals surface area contributed by atoms with Crippen LogP contribution in [-0.4, -0.2) is 9.55 Å². The maximum Gasteiger partial charge on any atom is 0.0644 e. The number of nitrogens with zero attached hydrogens (tertiary/aromatic N) is 3. The Morgan fingerprint density at radius 1 is 0.538 bits per heavy atom. The fraction of sp³-hybridized carbons (Fsp3) is 0. The molecule has 0 saturated carbocycles. The number of hydrogen-bond acceptors (Lipinski definition) is 2. The maximum atomic E-state index is 4.38. The Labute approximate surface area is 235 Å². The van der Waals surface area contributed by atoms with Gasteiger partial charge in [-0.1, -0.05) is 82.7 Å². The Balaban J connectivity index is 1.32. The minimum atomic E-state index is 1.01. The molecule has 0 saturated heterocycles. The molecule has 0 N–H and O–H groups in total. The van der Waals surface area contributed by atoms with Crippen LogP contribution in [0.1, 0.15) is 0 Å². The van der Waals surface area contributed by atoms with Crippen LogP contribution in [0.15, 0.2) is 150 Å². The number of halogens is 1. The number of hydrogen-bond donors (Lipinski definition) is 0. The lowest BCUT2D eigenvalue weighted by Gasteiger charge is -2.25. The van der Waals surface area contributed by atoms with Gasteiger partial charge < -0.3 is 9.47 Å². The molecule has 3 nitrogen and oxygen atoms in total. The third kappa shape index (κ3) is 4.29. The molecule has 2 aromatic heterocycles. The van der Waals surface area contributed by atoms with Crippen molar-refractivity contribution in [3.05, 3.63) is 150 Å². The molecule has 0 radical (unpaired) electrons. The normalized spacial score (nSPS) is 11.2. The zero-order chi connectivity index (χ0) is 26.2. The summed E-state index contributed by atoms with van der Waals surface area (Å²) in [7, 11) is 0. The number of aromatic nitrogens is 2. The smallest absolute Gasteiger partial charge is 0.0644 e. The van der Waals surface area contributed by atoms with Crippen LogP contribution < -0.4 is 4.90 Å². The predicted molar refractivity (Wildman–Crippen MR) is 166 cm³/mol. The highest BCUT2D eigenvalue weighted by Crippen LogP contribution is 2.38. The van der Waals surface area contributed by atoms with Gasteiger partial charge in [0, 0.05) is 38.5 Å².